The molecule has 0 aromatic rings. The number of aliphatic hydroxyl groups is 2. The van der Waals surface area contributed by atoms with Gasteiger partial charge in [0.05, 0.1) is 25.4 Å². The van der Waals surface area contributed by atoms with Crippen molar-refractivity contribution in [1.82, 2.24) is 5.32 Å². The number of amides is 1. The van der Waals surface area contributed by atoms with Gasteiger partial charge in [-0.1, -0.05) is 276 Å². The van der Waals surface area contributed by atoms with E-state index in [1.165, 1.54) is 250 Å². The third-order valence-corrected chi connectivity index (χ3v) is 14.5. The molecule has 2 atom stereocenters. The van der Waals surface area contributed by atoms with Crippen LogP contribution in [0.3, 0.4) is 0 Å². The van der Waals surface area contributed by atoms with Crippen LogP contribution in [0, 0.1) is 0 Å². The molecule has 0 saturated heterocycles. The van der Waals surface area contributed by atoms with E-state index >= 15 is 0 Å². The van der Waals surface area contributed by atoms with Crippen molar-refractivity contribution in [3.63, 3.8) is 0 Å². The number of carbonyl (C=O) groups excluding carboxylic acids is 2. The first kappa shape index (κ1) is 67.3. The summed E-state index contributed by atoms with van der Waals surface area (Å²) in [4.78, 5) is 24.6. The maximum absolute atomic E-state index is 12.5. The zero-order valence-corrected chi connectivity index (χ0v) is 46.6. The van der Waals surface area contributed by atoms with Crippen LogP contribution < -0.4 is 5.32 Å². The molecule has 3 N–H and O–H groups in total. The average molecular weight is 973 g/mol. The van der Waals surface area contributed by atoms with E-state index in [1.807, 2.05) is 0 Å². The smallest absolute Gasteiger partial charge is 0.305 e. The van der Waals surface area contributed by atoms with E-state index in [0.717, 1.165) is 57.8 Å². The first-order valence-corrected chi connectivity index (χ1v) is 31.1. The van der Waals surface area contributed by atoms with Crippen molar-refractivity contribution in [2.24, 2.45) is 0 Å². The van der Waals surface area contributed by atoms with Crippen LogP contribution >= 0.6 is 0 Å². The standard InChI is InChI=1S/C63H121NO5/c1-3-5-7-9-11-13-15-17-19-23-27-31-35-39-43-47-51-55-61(66)60(59-65)64-62(67)56-52-48-44-40-36-32-28-25-21-22-26-30-34-38-42-46-50-54-58-69-63(68)57-53-49-45-41-37-33-29-24-20-18-16-14-12-10-8-6-4-2/h18,20,25,28,60-61,65-66H,3-17,19,21-24,26-27,29-59H2,1-2H3,(H,64,67)/b20-18-,28-25-. The highest BCUT2D eigenvalue weighted by molar-refractivity contribution is 5.76. The van der Waals surface area contributed by atoms with E-state index in [4.69, 9.17) is 4.74 Å². The van der Waals surface area contributed by atoms with Gasteiger partial charge in [-0.2, -0.15) is 0 Å². The van der Waals surface area contributed by atoms with Crippen LogP contribution in [0.4, 0.5) is 0 Å². The minimum atomic E-state index is -0.673. The van der Waals surface area contributed by atoms with Crippen molar-refractivity contribution in [2.45, 2.75) is 353 Å². The lowest BCUT2D eigenvalue weighted by atomic mass is 10.0. The Labute approximate surface area is 431 Å². The largest absolute Gasteiger partial charge is 0.466 e. The Kier molecular flexibility index (Phi) is 57.5. The van der Waals surface area contributed by atoms with Crippen LogP contribution in [0.2, 0.25) is 0 Å². The number of hydrogen-bond acceptors (Lipinski definition) is 5. The van der Waals surface area contributed by atoms with Crippen molar-refractivity contribution >= 4 is 11.9 Å². The van der Waals surface area contributed by atoms with Crippen molar-refractivity contribution in [3.05, 3.63) is 24.3 Å². The zero-order chi connectivity index (χ0) is 50.0. The van der Waals surface area contributed by atoms with E-state index in [9.17, 15) is 19.8 Å². The monoisotopic (exact) mass is 972 g/mol. The highest BCUT2D eigenvalue weighted by Gasteiger charge is 2.20. The number of esters is 1. The van der Waals surface area contributed by atoms with Gasteiger partial charge >= 0.3 is 5.97 Å². The summed E-state index contributed by atoms with van der Waals surface area (Å²) in [5.41, 5.74) is 0. The summed E-state index contributed by atoms with van der Waals surface area (Å²) >= 11 is 0. The van der Waals surface area contributed by atoms with Crippen LogP contribution in [-0.2, 0) is 14.3 Å². The van der Waals surface area contributed by atoms with Crippen molar-refractivity contribution in [3.8, 4) is 0 Å². The van der Waals surface area contributed by atoms with E-state index in [1.54, 1.807) is 0 Å². The fraction of sp³-hybridized carbons (Fsp3) is 0.905. The minimum Gasteiger partial charge on any atom is -0.466 e. The molecule has 6 heteroatoms. The highest BCUT2D eigenvalue weighted by atomic mass is 16.5. The summed E-state index contributed by atoms with van der Waals surface area (Å²) in [7, 11) is 0. The van der Waals surface area contributed by atoms with Gasteiger partial charge in [-0.3, -0.25) is 9.59 Å². The molecule has 69 heavy (non-hydrogen) atoms. The third-order valence-electron chi connectivity index (χ3n) is 14.5. The lowest BCUT2D eigenvalue weighted by molar-refractivity contribution is -0.143. The molecule has 408 valence electrons. The molecule has 0 aliphatic carbocycles. The lowest BCUT2D eigenvalue weighted by Gasteiger charge is -2.22. The summed E-state index contributed by atoms with van der Waals surface area (Å²) in [6.07, 6.45) is 71.8. The summed E-state index contributed by atoms with van der Waals surface area (Å²) in [6.45, 7) is 4.95. The number of nitrogens with one attached hydrogen (secondary N) is 1. The fourth-order valence-corrected chi connectivity index (χ4v) is 9.69. The van der Waals surface area contributed by atoms with Crippen LogP contribution in [0.25, 0.3) is 0 Å². The Morgan fingerprint density at radius 2 is 0.681 bits per heavy atom. The van der Waals surface area contributed by atoms with E-state index in [-0.39, 0.29) is 18.5 Å². The molecule has 0 rings (SSSR count). The second-order valence-electron chi connectivity index (χ2n) is 21.4. The molecule has 2 unspecified atom stereocenters. The van der Waals surface area contributed by atoms with Crippen molar-refractivity contribution in [1.29, 1.82) is 0 Å². The molecule has 0 saturated carbocycles. The predicted octanol–water partition coefficient (Wildman–Crippen LogP) is 19.4. The van der Waals surface area contributed by atoms with Gasteiger partial charge in [0.2, 0.25) is 5.91 Å². The second-order valence-corrected chi connectivity index (χ2v) is 21.4. The molecule has 0 aliphatic rings. The number of unbranched alkanes of at least 4 members (excludes halogenated alkanes) is 43. The molecule has 0 spiro atoms. The average Bonchev–Trinajstić information content (AvgIpc) is 3.35. The molecular weight excluding hydrogens is 851 g/mol. The minimum absolute atomic E-state index is 0.000206. The van der Waals surface area contributed by atoms with Gasteiger partial charge < -0.3 is 20.3 Å². The van der Waals surface area contributed by atoms with Crippen molar-refractivity contribution in [2.75, 3.05) is 13.2 Å². The molecule has 0 aromatic heterocycles. The van der Waals surface area contributed by atoms with E-state index in [2.05, 4.69) is 43.5 Å². The Balaban J connectivity index is 3.44. The number of aliphatic hydroxyl groups excluding tert-OH is 2. The van der Waals surface area contributed by atoms with Crippen LogP contribution in [0.5, 0.6) is 0 Å². The Bertz CT molecular complexity index is 1080. The molecule has 0 radical (unpaired) electrons. The van der Waals surface area contributed by atoms with Gasteiger partial charge in [0, 0.05) is 12.8 Å². The first-order valence-electron chi connectivity index (χ1n) is 31.1. The molecule has 0 heterocycles. The van der Waals surface area contributed by atoms with E-state index < -0.39 is 12.1 Å². The SMILES string of the molecule is CCCCCCCC/C=C\CCCCCCCCCC(=O)OCCCCCCCCCCC/C=C\CCCCCCCC(=O)NC(CO)C(O)CCCCCCCCCCCCCCCCCCC. The molecule has 0 bridgehead atoms. The molecule has 0 fully saturated rings. The quantitative estimate of drug-likeness (QED) is 0.0321. The zero-order valence-electron chi connectivity index (χ0n) is 46.6. The number of hydrogen-bond donors (Lipinski definition) is 3. The lowest BCUT2D eigenvalue weighted by Crippen LogP contribution is -2.45. The van der Waals surface area contributed by atoms with Crippen LogP contribution in [-0.4, -0.2) is 47.4 Å². The number of allylic oxidation sites excluding steroid dienone is 4. The Hall–Kier alpha value is -1.66. The molecule has 0 aliphatic heterocycles. The first-order chi connectivity index (χ1) is 34.0. The Morgan fingerprint density at radius 1 is 0.391 bits per heavy atom. The van der Waals surface area contributed by atoms with Crippen molar-refractivity contribution < 1.29 is 24.5 Å². The maximum Gasteiger partial charge on any atom is 0.305 e. The Morgan fingerprint density at radius 3 is 1.03 bits per heavy atom. The number of ether oxygens (including phenoxy) is 1. The fourth-order valence-electron chi connectivity index (χ4n) is 9.69. The third kappa shape index (κ3) is 55.5. The number of carbonyl (C=O) groups is 2. The highest BCUT2D eigenvalue weighted by Crippen LogP contribution is 2.17. The van der Waals surface area contributed by atoms with Gasteiger partial charge in [-0.15, -0.1) is 0 Å². The summed E-state index contributed by atoms with van der Waals surface area (Å²) in [5, 5.41) is 23.3. The predicted molar refractivity (Wildman–Crippen MR) is 301 cm³/mol. The van der Waals surface area contributed by atoms with Gasteiger partial charge in [0.15, 0.2) is 0 Å². The molecule has 0 aromatic carbocycles. The molecular formula is C63H121NO5. The number of rotatable bonds is 58. The van der Waals surface area contributed by atoms with E-state index in [0.29, 0.717) is 25.9 Å². The van der Waals surface area contributed by atoms with Gasteiger partial charge in [0.1, 0.15) is 0 Å². The van der Waals surface area contributed by atoms with Gasteiger partial charge in [0.25, 0.3) is 0 Å². The van der Waals surface area contributed by atoms with Gasteiger partial charge in [-0.25, -0.2) is 0 Å². The summed E-state index contributed by atoms with van der Waals surface area (Å²) in [5.74, 6) is -0.0468. The van der Waals surface area contributed by atoms with Gasteiger partial charge in [-0.05, 0) is 77.0 Å². The topological polar surface area (TPSA) is 95.9 Å². The van der Waals surface area contributed by atoms with Crippen LogP contribution in [0.15, 0.2) is 24.3 Å². The maximum atomic E-state index is 12.5. The summed E-state index contributed by atoms with van der Waals surface area (Å²) < 4.78 is 5.49. The second kappa shape index (κ2) is 58.9. The molecule has 1 amide bonds. The summed E-state index contributed by atoms with van der Waals surface area (Å²) in [6, 6.07) is -0.552. The van der Waals surface area contributed by atoms with Crippen LogP contribution in [0.1, 0.15) is 341 Å². The molecule has 6 nitrogen and oxygen atoms in total. The normalized spacial score (nSPS) is 12.7.